The van der Waals surface area contributed by atoms with Gasteiger partial charge < -0.3 is 5.11 Å². The summed E-state index contributed by atoms with van der Waals surface area (Å²) in [6, 6.07) is 8.96. The van der Waals surface area contributed by atoms with Crippen molar-refractivity contribution in [3.8, 4) is 0 Å². The summed E-state index contributed by atoms with van der Waals surface area (Å²) >= 11 is 0. The Hall–Kier alpha value is -2.87. The molecule has 1 heterocycles. The zero-order valence-corrected chi connectivity index (χ0v) is 12.9. The number of hydrogen-bond acceptors (Lipinski definition) is 4. The number of anilines is 1. The maximum Gasteiger partial charge on any atom is 0.335 e. The molecule has 0 aliphatic rings. The molecule has 0 aliphatic carbocycles. The number of sulfonamides is 1. The van der Waals surface area contributed by atoms with Crippen molar-refractivity contribution >= 4 is 32.6 Å². The number of aromatic nitrogens is 2. The number of rotatable bonds is 4. The summed E-state index contributed by atoms with van der Waals surface area (Å²) in [6.07, 6.45) is 1.63. The van der Waals surface area contributed by atoms with E-state index >= 15 is 0 Å². The molecule has 2 aromatic carbocycles. The number of carboxylic acid groups (broad SMARTS) is 1. The molecule has 3 N–H and O–H groups in total. The lowest BCUT2D eigenvalue weighted by Gasteiger charge is -2.11. The third-order valence-electron chi connectivity index (χ3n) is 3.42. The monoisotopic (exact) mass is 331 g/mol. The van der Waals surface area contributed by atoms with Gasteiger partial charge in [-0.05, 0) is 42.8 Å². The molecule has 0 amide bonds. The molecular weight excluding hydrogens is 318 g/mol. The molecule has 0 unspecified atom stereocenters. The predicted molar refractivity (Wildman–Crippen MR) is 85.0 cm³/mol. The van der Waals surface area contributed by atoms with Gasteiger partial charge in [0.2, 0.25) is 0 Å². The molecule has 0 atom stereocenters. The van der Waals surface area contributed by atoms with E-state index in [1.165, 1.54) is 12.1 Å². The first-order valence-electron chi connectivity index (χ1n) is 6.67. The van der Waals surface area contributed by atoms with Gasteiger partial charge in [-0.15, -0.1) is 0 Å². The minimum atomic E-state index is -3.90. The van der Waals surface area contributed by atoms with E-state index in [1.54, 1.807) is 31.3 Å². The van der Waals surface area contributed by atoms with Crippen LogP contribution in [0.3, 0.4) is 0 Å². The largest absolute Gasteiger partial charge is 0.478 e. The first-order valence-corrected chi connectivity index (χ1v) is 8.15. The first-order chi connectivity index (χ1) is 10.9. The molecule has 118 valence electrons. The van der Waals surface area contributed by atoms with E-state index in [0.717, 1.165) is 11.5 Å². The maximum atomic E-state index is 12.5. The lowest BCUT2D eigenvalue weighted by atomic mass is 10.1. The maximum absolute atomic E-state index is 12.5. The molecule has 0 saturated carbocycles. The number of nitrogens with one attached hydrogen (secondary N) is 2. The molecule has 1 aromatic heterocycles. The highest BCUT2D eigenvalue weighted by molar-refractivity contribution is 7.92. The average molecular weight is 331 g/mol. The molecule has 0 radical (unpaired) electrons. The van der Waals surface area contributed by atoms with Gasteiger partial charge in [0.05, 0.1) is 27.9 Å². The van der Waals surface area contributed by atoms with Crippen LogP contribution < -0.4 is 4.72 Å². The molecule has 0 fully saturated rings. The first kappa shape index (κ1) is 15.0. The van der Waals surface area contributed by atoms with Crippen LogP contribution in [0.1, 0.15) is 15.9 Å². The van der Waals surface area contributed by atoms with E-state index in [0.29, 0.717) is 16.8 Å². The van der Waals surface area contributed by atoms with Crippen LogP contribution in [-0.2, 0) is 10.0 Å². The van der Waals surface area contributed by atoms with Crippen molar-refractivity contribution in [3.05, 3.63) is 53.7 Å². The zero-order chi connectivity index (χ0) is 16.6. The van der Waals surface area contributed by atoms with Crippen LogP contribution in [0.15, 0.2) is 47.5 Å². The lowest BCUT2D eigenvalue weighted by Crippen LogP contribution is -2.15. The topological polar surface area (TPSA) is 112 Å². The fourth-order valence-corrected chi connectivity index (χ4v) is 3.55. The van der Waals surface area contributed by atoms with Crippen molar-refractivity contribution < 1.29 is 18.3 Å². The van der Waals surface area contributed by atoms with Crippen molar-refractivity contribution in [3.63, 3.8) is 0 Å². The van der Waals surface area contributed by atoms with Crippen LogP contribution in [-0.4, -0.2) is 29.7 Å². The Bertz CT molecular complexity index is 1010. The third kappa shape index (κ3) is 2.88. The Kier molecular flexibility index (Phi) is 3.53. The highest BCUT2D eigenvalue weighted by Gasteiger charge is 2.19. The predicted octanol–water partition coefficient (Wildman–Crippen LogP) is 2.37. The summed E-state index contributed by atoms with van der Waals surface area (Å²) < 4.78 is 27.5. The Morgan fingerprint density at radius 1 is 1.22 bits per heavy atom. The van der Waals surface area contributed by atoms with Crippen LogP contribution in [0.4, 0.5) is 5.69 Å². The second-order valence-electron chi connectivity index (χ2n) is 5.06. The van der Waals surface area contributed by atoms with Gasteiger partial charge in [-0.1, -0.05) is 6.07 Å². The molecule has 23 heavy (non-hydrogen) atoms. The second kappa shape index (κ2) is 5.40. The molecule has 0 bridgehead atoms. The number of hydrogen-bond donors (Lipinski definition) is 3. The minimum absolute atomic E-state index is 0.0675. The molecular formula is C15H13N3O4S. The van der Waals surface area contributed by atoms with E-state index in [9.17, 15) is 13.2 Å². The number of fused-ring (bicyclic) bond motifs is 1. The summed E-state index contributed by atoms with van der Waals surface area (Å²) in [4.78, 5) is 11.0. The SMILES string of the molecule is Cc1ccc(C(=O)O)cc1S(=O)(=O)Nc1ccc2cn[nH]c2c1. The Morgan fingerprint density at radius 3 is 2.74 bits per heavy atom. The van der Waals surface area contributed by atoms with Gasteiger partial charge in [0.25, 0.3) is 10.0 Å². The number of benzene rings is 2. The highest BCUT2D eigenvalue weighted by atomic mass is 32.2. The number of carboxylic acids is 1. The van der Waals surface area contributed by atoms with Crippen LogP contribution in [0.2, 0.25) is 0 Å². The van der Waals surface area contributed by atoms with E-state index in [1.807, 2.05) is 0 Å². The molecule has 7 nitrogen and oxygen atoms in total. The second-order valence-corrected chi connectivity index (χ2v) is 6.71. The summed E-state index contributed by atoms with van der Waals surface area (Å²) in [5.41, 5.74) is 1.44. The number of aryl methyl sites for hydroxylation is 1. The van der Waals surface area contributed by atoms with Crippen LogP contribution in [0, 0.1) is 6.92 Å². The number of carbonyl (C=O) groups is 1. The molecule has 0 aliphatic heterocycles. The zero-order valence-electron chi connectivity index (χ0n) is 12.1. The summed E-state index contributed by atoms with van der Waals surface area (Å²) in [5, 5.41) is 16.5. The number of aromatic amines is 1. The summed E-state index contributed by atoms with van der Waals surface area (Å²) in [7, 11) is -3.90. The molecule has 0 spiro atoms. The van der Waals surface area contributed by atoms with Crippen LogP contribution in [0.25, 0.3) is 10.9 Å². The van der Waals surface area contributed by atoms with Gasteiger partial charge in [-0.2, -0.15) is 5.10 Å². The number of H-pyrrole nitrogens is 1. The van der Waals surface area contributed by atoms with Gasteiger partial charge in [-0.3, -0.25) is 9.82 Å². The van der Waals surface area contributed by atoms with Crippen LogP contribution in [0.5, 0.6) is 0 Å². The van der Waals surface area contributed by atoms with Gasteiger partial charge >= 0.3 is 5.97 Å². The smallest absolute Gasteiger partial charge is 0.335 e. The summed E-state index contributed by atoms with van der Waals surface area (Å²) in [5.74, 6) is -1.18. The molecule has 3 rings (SSSR count). The van der Waals surface area contributed by atoms with Gasteiger partial charge in [0.15, 0.2) is 0 Å². The third-order valence-corrected chi connectivity index (χ3v) is 4.94. The fourth-order valence-electron chi connectivity index (χ4n) is 2.23. The molecule has 8 heteroatoms. The van der Waals surface area contributed by atoms with Crippen molar-refractivity contribution in [2.75, 3.05) is 4.72 Å². The fraction of sp³-hybridized carbons (Fsp3) is 0.0667. The quantitative estimate of drug-likeness (QED) is 0.679. The van der Waals surface area contributed by atoms with Gasteiger partial charge in [0.1, 0.15) is 0 Å². The van der Waals surface area contributed by atoms with E-state index in [4.69, 9.17) is 5.11 Å². The Balaban J connectivity index is 2.01. The normalized spacial score (nSPS) is 11.5. The highest BCUT2D eigenvalue weighted by Crippen LogP contribution is 2.23. The Labute approximate surface area is 132 Å². The van der Waals surface area contributed by atoms with Gasteiger partial charge in [0, 0.05) is 5.39 Å². The summed E-state index contributed by atoms with van der Waals surface area (Å²) in [6.45, 7) is 1.61. The van der Waals surface area contributed by atoms with E-state index in [2.05, 4.69) is 14.9 Å². The molecule has 0 saturated heterocycles. The number of aromatic carboxylic acids is 1. The standard InChI is InChI=1S/C15H13N3O4S/c1-9-2-3-10(15(19)20)6-14(9)23(21,22)18-12-5-4-11-8-16-17-13(11)7-12/h2-8,18H,1H3,(H,16,17)(H,19,20). The van der Waals surface area contributed by atoms with Gasteiger partial charge in [-0.25, -0.2) is 13.2 Å². The lowest BCUT2D eigenvalue weighted by molar-refractivity contribution is 0.0696. The van der Waals surface area contributed by atoms with E-state index in [-0.39, 0.29) is 10.5 Å². The Morgan fingerprint density at radius 2 is 2.00 bits per heavy atom. The van der Waals surface area contributed by atoms with Crippen molar-refractivity contribution in [2.45, 2.75) is 11.8 Å². The average Bonchev–Trinajstić information content (AvgIpc) is 2.94. The van der Waals surface area contributed by atoms with Crippen LogP contribution >= 0.6 is 0 Å². The van der Waals surface area contributed by atoms with Crippen molar-refractivity contribution in [1.82, 2.24) is 10.2 Å². The minimum Gasteiger partial charge on any atom is -0.478 e. The molecule has 3 aromatic rings. The van der Waals surface area contributed by atoms with E-state index < -0.39 is 16.0 Å². The number of nitrogens with zero attached hydrogens (tertiary/aromatic N) is 1. The van der Waals surface area contributed by atoms with Crippen molar-refractivity contribution in [2.24, 2.45) is 0 Å². The van der Waals surface area contributed by atoms with Crippen molar-refractivity contribution in [1.29, 1.82) is 0 Å².